The number of pyridine rings is 4. The summed E-state index contributed by atoms with van der Waals surface area (Å²) in [6.07, 6.45) is 12.8. The van der Waals surface area contributed by atoms with Crippen LogP contribution in [0.15, 0.2) is 97.6 Å². The van der Waals surface area contributed by atoms with Crippen molar-refractivity contribution >= 4 is 0 Å². The molecule has 0 radical (unpaired) electrons. The minimum Gasteiger partial charge on any atom is -0.255 e. The minimum atomic E-state index is 0.307. The first-order valence-corrected chi connectivity index (χ1v) is 17.2. The molecule has 2 unspecified atom stereocenters. The summed E-state index contributed by atoms with van der Waals surface area (Å²) >= 11 is 0. The zero-order valence-corrected chi connectivity index (χ0v) is 27.3. The summed E-state index contributed by atoms with van der Waals surface area (Å²) in [4.78, 5) is 19.1. The maximum absolute atomic E-state index is 4.92. The van der Waals surface area contributed by atoms with E-state index in [1.54, 1.807) is 0 Å². The van der Waals surface area contributed by atoms with Gasteiger partial charge in [-0.3, -0.25) is 19.9 Å². The van der Waals surface area contributed by atoms with E-state index in [-0.39, 0.29) is 0 Å². The third kappa shape index (κ3) is 4.18. The lowest BCUT2D eigenvalue weighted by molar-refractivity contribution is -0.00613. The van der Waals surface area contributed by atoms with E-state index in [0.29, 0.717) is 46.3 Å². The van der Waals surface area contributed by atoms with Crippen LogP contribution in [0.4, 0.5) is 0 Å². The largest absolute Gasteiger partial charge is 0.255 e. The van der Waals surface area contributed by atoms with Gasteiger partial charge in [0.25, 0.3) is 0 Å². The van der Waals surface area contributed by atoms with Crippen LogP contribution in [0.1, 0.15) is 97.6 Å². The Morgan fingerprint density at radius 2 is 1.00 bits per heavy atom. The molecule has 2 saturated carbocycles. The van der Waals surface area contributed by atoms with Crippen molar-refractivity contribution in [1.82, 2.24) is 19.9 Å². The van der Waals surface area contributed by atoms with Crippen molar-refractivity contribution < 1.29 is 0 Å². The van der Waals surface area contributed by atoms with E-state index in [9.17, 15) is 0 Å². The van der Waals surface area contributed by atoms with E-state index in [1.807, 2.05) is 24.5 Å². The van der Waals surface area contributed by atoms with Gasteiger partial charge in [0, 0.05) is 24.8 Å². The first-order valence-electron chi connectivity index (χ1n) is 17.2. The predicted molar refractivity (Wildman–Crippen MR) is 184 cm³/mol. The van der Waals surface area contributed by atoms with Crippen molar-refractivity contribution in [2.75, 3.05) is 0 Å². The molecule has 4 heteroatoms. The Labute approximate surface area is 272 Å². The van der Waals surface area contributed by atoms with Crippen LogP contribution in [0.25, 0.3) is 22.8 Å². The Morgan fingerprint density at radius 3 is 1.41 bits per heavy atom. The topological polar surface area (TPSA) is 51.6 Å². The molecule has 1 aromatic carbocycles. The number of nitrogens with zero attached hydrogens (tertiary/aromatic N) is 4. The molecule has 0 amide bonds. The number of aromatic nitrogens is 4. The Kier molecular flexibility index (Phi) is 6.20. The lowest BCUT2D eigenvalue weighted by Crippen LogP contribution is -2.51. The maximum atomic E-state index is 4.92. The molecule has 4 heterocycles. The van der Waals surface area contributed by atoms with Crippen LogP contribution in [0.5, 0.6) is 0 Å². The second kappa shape index (κ2) is 10.2. The van der Waals surface area contributed by atoms with Crippen LogP contribution in [-0.4, -0.2) is 19.9 Å². The van der Waals surface area contributed by atoms with Crippen molar-refractivity contribution in [3.8, 4) is 22.8 Å². The zero-order valence-electron chi connectivity index (χ0n) is 27.3. The molecule has 11 rings (SSSR count). The second-order valence-corrected chi connectivity index (χ2v) is 15.7. The molecular formula is C42H42N4. The third-order valence-electron chi connectivity index (χ3n) is 12.9. The van der Waals surface area contributed by atoms with Crippen LogP contribution in [-0.2, 0) is 12.8 Å². The molecule has 4 bridgehead atoms. The molecule has 0 N–H and O–H groups in total. The fraction of sp³-hybridized carbons (Fsp3) is 0.381. The minimum absolute atomic E-state index is 0.307. The Bertz CT molecular complexity index is 1810. The third-order valence-corrected chi connectivity index (χ3v) is 12.9. The highest BCUT2D eigenvalue weighted by atomic mass is 14.8. The molecule has 230 valence electrons. The van der Waals surface area contributed by atoms with Gasteiger partial charge in [0.2, 0.25) is 0 Å². The monoisotopic (exact) mass is 602 g/mol. The summed E-state index contributed by atoms with van der Waals surface area (Å²) in [5.74, 6) is 3.55. The Balaban J connectivity index is 1.04. The average molecular weight is 603 g/mol. The van der Waals surface area contributed by atoms with Gasteiger partial charge in [-0.1, -0.05) is 64.1 Å². The molecule has 4 nitrogen and oxygen atoms in total. The fourth-order valence-corrected chi connectivity index (χ4v) is 10.2. The van der Waals surface area contributed by atoms with Crippen molar-refractivity contribution in [2.45, 2.75) is 77.0 Å². The van der Waals surface area contributed by atoms with Crippen LogP contribution < -0.4 is 0 Å². The highest BCUT2D eigenvalue weighted by molar-refractivity contribution is 5.59. The van der Waals surface area contributed by atoms with Gasteiger partial charge in [0.1, 0.15) is 0 Å². The number of hydrogen-bond acceptors (Lipinski definition) is 4. The van der Waals surface area contributed by atoms with Crippen molar-refractivity contribution in [1.29, 1.82) is 0 Å². The second-order valence-electron chi connectivity index (χ2n) is 15.7. The molecule has 0 spiro atoms. The summed E-state index contributed by atoms with van der Waals surface area (Å²) in [5, 5.41) is 0. The number of hydrogen-bond donors (Lipinski definition) is 0. The van der Waals surface area contributed by atoms with Gasteiger partial charge < -0.3 is 0 Å². The van der Waals surface area contributed by atoms with Gasteiger partial charge in [0.05, 0.1) is 22.8 Å². The first-order chi connectivity index (χ1) is 22.3. The van der Waals surface area contributed by atoms with Gasteiger partial charge >= 0.3 is 0 Å². The SMILES string of the molecule is CC1(C)C2C[C@H]1c1cnc(-c3ccccn3)cc1[C@@H]2Cc1cccc(CC2c3cc(-c4ccccn4)ncc3[C@H]3C[C@@H]2C3(C)C)c1. The Morgan fingerprint density at radius 1 is 0.522 bits per heavy atom. The van der Waals surface area contributed by atoms with E-state index in [0.717, 1.165) is 35.6 Å². The molecule has 0 aliphatic heterocycles. The van der Waals surface area contributed by atoms with Gasteiger partial charge in [-0.05, 0) is 142 Å². The Hall–Kier alpha value is -4.18. The standard InChI is InChI=1S/C42H42N4/c1-41(2)33-21-35(41)31-23-45-39(37-12-5-7-14-43-37)19-27(31)29(33)17-25-10-9-11-26(16-25)18-30-28-20-40(38-13-6-8-15-44-38)46-24-32(28)36-22-34(30)42(36,3)4/h5-16,19-20,23-24,29-30,33-36H,17-18,21-22H2,1-4H3/t29-,30?,33?,34-,35-,36+/m0/s1. The highest BCUT2D eigenvalue weighted by Crippen LogP contribution is 2.68. The molecule has 5 aromatic rings. The molecule has 0 saturated heterocycles. The summed E-state index contributed by atoms with van der Waals surface area (Å²) in [6.45, 7) is 9.92. The van der Waals surface area contributed by atoms with E-state index in [2.05, 4.69) is 111 Å². The molecular weight excluding hydrogens is 560 g/mol. The van der Waals surface area contributed by atoms with E-state index >= 15 is 0 Å². The zero-order chi connectivity index (χ0) is 31.2. The first kappa shape index (κ1) is 28.1. The molecule has 4 aromatic heterocycles. The van der Waals surface area contributed by atoms with Crippen LogP contribution in [0.3, 0.4) is 0 Å². The van der Waals surface area contributed by atoms with Crippen LogP contribution in [0, 0.1) is 22.7 Å². The van der Waals surface area contributed by atoms with Crippen molar-refractivity contribution in [3.05, 3.63) is 131 Å². The summed E-state index contributed by atoms with van der Waals surface area (Å²) in [5.41, 5.74) is 13.4. The van der Waals surface area contributed by atoms with E-state index in [1.165, 1.54) is 46.2 Å². The van der Waals surface area contributed by atoms with Crippen molar-refractivity contribution in [2.24, 2.45) is 22.7 Å². The maximum Gasteiger partial charge on any atom is 0.0889 e. The van der Waals surface area contributed by atoms with E-state index < -0.39 is 0 Å². The molecule has 2 fully saturated rings. The number of benzene rings is 1. The number of rotatable bonds is 6. The summed E-state index contributed by atoms with van der Waals surface area (Å²) < 4.78 is 0. The quantitative estimate of drug-likeness (QED) is 0.194. The van der Waals surface area contributed by atoms with E-state index in [4.69, 9.17) is 9.97 Å². The fourth-order valence-electron chi connectivity index (χ4n) is 10.2. The molecule has 46 heavy (non-hydrogen) atoms. The van der Waals surface area contributed by atoms with Gasteiger partial charge in [-0.25, -0.2) is 0 Å². The lowest BCUT2D eigenvalue weighted by atomic mass is 9.43. The normalized spacial score (nSPS) is 27.5. The van der Waals surface area contributed by atoms with Gasteiger partial charge in [0.15, 0.2) is 0 Å². The van der Waals surface area contributed by atoms with Crippen LogP contribution in [0.2, 0.25) is 0 Å². The lowest BCUT2D eigenvalue weighted by Gasteiger charge is -2.60. The predicted octanol–water partition coefficient (Wildman–Crippen LogP) is 9.54. The molecule has 6 aliphatic carbocycles. The highest BCUT2D eigenvalue weighted by Gasteiger charge is 2.58. The van der Waals surface area contributed by atoms with Gasteiger partial charge in [-0.15, -0.1) is 0 Å². The summed E-state index contributed by atoms with van der Waals surface area (Å²) in [6, 6.07) is 26.5. The summed E-state index contributed by atoms with van der Waals surface area (Å²) in [7, 11) is 0. The average Bonchev–Trinajstić information content (AvgIpc) is 3.08. The molecule has 6 aliphatic rings. The smallest absolute Gasteiger partial charge is 0.0889 e. The van der Waals surface area contributed by atoms with Gasteiger partial charge in [-0.2, -0.15) is 0 Å². The molecule has 6 atom stereocenters. The van der Waals surface area contributed by atoms with Crippen molar-refractivity contribution in [3.63, 3.8) is 0 Å². The van der Waals surface area contributed by atoms with Crippen LogP contribution >= 0.6 is 0 Å².